The summed E-state index contributed by atoms with van der Waals surface area (Å²) in [6, 6.07) is 0. The fraction of sp³-hybridized carbons (Fsp3) is 0.792. The van der Waals surface area contributed by atoms with Gasteiger partial charge in [-0.3, -0.25) is 0 Å². The van der Waals surface area contributed by atoms with Gasteiger partial charge in [0.05, 0.1) is 6.61 Å². The van der Waals surface area contributed by atoms with Gasteiger partial charge in [-0.05, 0) is 87.8 Å². The second-order valence-electron chi connectivity index (χ2n) is 10.8. The minimum Gasteiger partial charge on any atom is -0.517 e. The van der Waals surface area contributed by atoms with E-state index in [4.69, 9.17) is 9.16 Å². The van der Waals surface area contributed by atoms with E-state index >= 15 is 0 Å². The number of allylic oxidation sites excluding steroid dienone is 2. The Kier molecular flexibility index (Phi) is 7.41. The molecule has 2 fully saturated rings. The second kappa shape index (κ2) is 8.87. The summed E-state index contributed by atoms with van der Waals surface area (Å²) in [4.78, 5) is 12.1. The van der Waals surface area contributed by atoms with Crippen LogP contribution in [0.25, 0.3) is 0 Å². The highest BCUT2D eigenvalue weighted by atomic mass is 28.4. The van der Waals surface area contributed by atoms with Crippen LogP contribution in [-0.2, 0) is 14.0 Å². The van der Waals surface area contributed by atoms with Crippen LogP contribution in [0.3, 0.4) is 0 Å². The van der Waals surface area contributed by atoms with Crippen molar-refractivity contribution < 1.29 is 14.0 Å². The van der Waals surface area contributed by atoms with Crippen LogP contribution in [-0.4, -0.2) is 28.0 Å². The largest absolute Gasteiger partial charge is 0.517 e. The number of ether oxygens (including phenoxy) is 1. The first-order valence-corrected chi connectivity index (χ1v) is 14.4. The van der Waals surface area contributed by atoms with Gasteiger partial charge in [0.2, 0.25) is 8.32 Å². The van der Waals surface area contributed by atoms with E-state index in [2.05, 4.69) is 27.4 Å². The molecule has 160 valence electrons. The van der Waals surface area contributed by atoms with Gasteiger partial charge in [0.25, 0.3) is 0 Å². The predicted molar refractivity (Wildman–Crippen MR) is 120 cm³/mol. The van der Waals surface area contributed by atoms with E-state index in [-0.39, 0.29) is 11.4 Å². The molecule has 0 amide bonds. The lowest BCUT2D eigenvalue weighted by Crippen LogP contribution is -2.52. The number of hydrogen-bond donors (Lipinski definition) is 0. The van der Waals surface area contributed by atoms with Gasteiger partial charge in [0.1, 0.15) is 0 Å². The van der Waals surface area contributed by atoms with Crippen molar-refractivity contribution in [2.45, 2.75) is 85.4 Å². The van der Waals surface area contributed by atoms with Crippen molar-refractivity contribution in [2.75, 3.05) is 13.7 Å². The van der Waals surface area contributed by atoms with E-state index in [0.29, 0.717) is 17.3 Å². The Labute approximate surface area is 174 Å². The number of fused-ring (bicyclic) bond motifs is 1. The molecule has 2 aliphatic rings. The molecule has 0 aromatic heterocycles. The van der Waals surface area contributed by atoms with Gasteiger partial charge in [-0.1, -0.05) is 38.0 Å². The molecular weight excluding hydrogens is 364 g/mol. The average Bonchev–Trinajstić information content (AvgIpc) is 2.51. The second-order valence-corrected chi connectivity index (χ2v) is 15.2. The molecule has 0 radical (unpaired) electrons. The highest BCUT2D eigenvalue weighted by Gasteiger charge is 2.54. The third-order valence-corrected chi connectivity index (χ3v) is 8.03. The van der Waals surface area contributed by atoms with E-state index in [1.54, 1.807) is 6.08 Å². The van der Waals surface area contributed by atoms with Crippen LogP contribution in [0.15, 0.2) is 23.8 Å². The number of carbonyl (C=O) groups is 1. The highest BCUT2D eigenvalue weighted by molar-refractivity contribution is 6.71. The number of rotatable bonds is 7. The summed E-state index contributed by atoms with van der Waals surface area (Å²) in [6.07, 6.45) is 9.91. The summed E-state index contributed by atoms with van der Waals surface area (Å²) in [5.41, 5.74) is 3.10. The van der Waals surface area contributed by atoms with Gasteiger partial charge >= 0.3 is 5.97 Å². The molecule has 4 unspecified atom stereocenters. The van der Waals surface area contributed by atoms with Crippen molar-refractivity contribution in [2.24, 2.45) is 22.7 Å². The molecule has 4 heteroatoms. The van der Waals surface area contributed by atoms with Gasteiger partial charge in [0.15, 0.2) is 0 Å². The maximum absolute atomic E-state index is 12.1. The highest BCUT2D eigenvalue weighted by Crippen LogP contribution is 2.62. The topological polar surface area (TPSA) is 35.5 Å². The Morgan fingerprint density at radius 1 is 1.29 bits per heavy atom. The molecule has 4 atom stereocenters. The quantitative estimate of drug-likeness (QED) is 0.274. The molecule has 0 spiro atoms. The van der Waals surface area contributed by atoms with E-state index in [1.165, 1.54) is 31.3 Å². The lowest BCUT2D eigenvalue weighted by atomic mass is 9.47. The zero-order chi connectivity index (χ0) is 21.2. The number of carbonyl (C=O) groups excluding carboxylic acids is 1. The van der Waals surface area contributed by atoms with Crippen molar-refractivity contribution >= 4 is 14.3 Å². The van der Waals surface area contributed by atoms with E-state index in [1.807, 2.05) is 26.8 Å². The predicted octanol–water partition coefficient (Wildman–Crippen LogP) is 6.52. The van der Waals surface area contributed by atoms with E-state index < -0.39 is 8.32 Å². The standard InChI is InChI=1S/C24H42O3Si/c1-18(16-22(25)27-28(6,7)8)10-12-20-19(2)11-13-21-23(3,17-26-5)14-9-15-24(20,21)4/h16,20-21H,2,9-15,17H2,1,3-8H3/b18-16+. The molecule has 2 rings (SSSR count). The fourth-order valence-corrected chi connectivity index (χ4v) is 6.76. The smallest absolute Gasteiger partial charge is 0.317 e. The summed E-state index contributed by atoms with van der Waals surface area (Å²) in [7, 11) is 0.00474. The third kappa shape index (κ3) is 5.38. The summed E-state index contributed by atoms with van der Waals surface area (Å²) in [5.74, 6) is 1.04. The van der Waals surface area contributed by atoms with Crippen LogP contribution in [0, 0.1) is 22.7 Å². The first-order valence-electron chi connectivity index (χ1n) is 11.0. The Morgan fingerprint density at radius 3 is 2.57 bits per heavy atom. The first kappa shape index (κ1) is 23.4. The van der Waals surface area contributed by atoms with Gasteiger partial charge < -0.3 is 9.16 Å². The van der Waals surface area contributed by atoms with Gasteiger partial charge in [0, 0.05) is 13.2 Å². The maximum Gasteiger partial charge on any atom is 0.317 e. The summed E-state index contributed by atoms with van der Waals surface area (Å²) >= 11 is 0. The van der Waals surface area contributed by atoms with Crippen LogP contribution >= 0.6 is 0 Å². The lowest BCUT2D eigenvalue weighted by Gasteiger charge is -2.58. The minimum absolute atomic E-state index is 0.173. The van der Waals surface area contributed by atoms with Crippen molar-refractivity contribution in [3.8, 4) is 0 Å². The number of hydrogen-bond acceptors (Lipinski definition) is 3. The van der Waals surface area contributed by atoms with Gasteiger partial charge in [-0.25, -0.2) is 4.79 Å². The van der Waals surface area contributed by atoms with Crippen molar-refractivity contribution in [3.05, 3.63) is 23.8 Å². The van der Waals surface area contributed by atoms with Crippen molar-refractivity contribution in [3.63, 3.8) is 0 Å². The van der Waals surface area contributed by atoms with Gasteiger partial charge in [-0.2, -0.15) is 0 Å². The molecule has 0 aromatic carbocycles. The summed E-state index contributed by atoms with van der Waals surface area (Å²) in [5, 5.41) is 0. The molecule has 0 bridgehead atoms. The third-order valence-electron chi connectivity index (χ3n) is 7.22. The Balaban J connectivity index is 2.11. The Bertz CT molecular complexity index is 614. The Hall–Kier alpha value is -0.873. The molecule has 28 heavy (non-hydrogen) atoms. The molecule has 0 heterocycles. The molecule has 2 aliphatic carbocycles. The molecule has 0 N–H and O–H groups in total. The van der Waals surface area contributed by atoms with Crippen LogP contribution in [0.4, 0.5) is 0 Å². The molecular formula is C24H42O3Si. The van der Waals surface area contributed by atoms with Crippen LogP contribution in [0.5, 0.6) is 0 Å². The maximum atomic E-state index is 12.1. The summed E-state index contributed by atoms with van der Waals surface area (Å²) < 4.78 is 11.2. The van der Waals surface area contributed by atoms with E-state index in [9.17, 15) is 4.79 Å². The monoisotopic (exact) mass is 406 g/mol. The van der Waals surface area contributed by atoms with Crippen molar-refractivity contribution in [1.82, 2.24) is 0 Å². The SMILES string of the molecule is C=C1CCC2C(C)(COC)CCCC2(C)C1CC/C(C)=C/C(=O)O[Si](C)(C)C. The zero-order valence-electron chi connectivity index (χ0n) is 19.3. The average molecular weight is 407 g/mol. The Morgan fingerprint density at radius 2 is 1.96 bits per heavy atom. The normalized spacial score (nSPS) is 34.1. The fourth-order valence-electron chi connectivity index (χ4n) is 6.10. The first-order chi connectivity index (χ1) is 12.9. The molecule has 0 aliphatic heterocycles. The van der Waals surface area contributed by atoms with E-state index in [0.717, 1.165) is 31.4 Å². The van der Waals surface area contributed by atoms with Crippen molar-refractivity contribution in [1.29, 1.82) is 0 Å². The van der Waals surface area contributed by atoms with Crippen LogP contribution in [0.1, 0.15) is 65.7 Å². The van der Waals surface area contributed by atoms with Crippen LogP contribution < -0.4 is 0 Å². The van der Waals surface area contributed by atoms with Gasteiger partial charge in [-0.15, -0.1) is 0 Å². The molecule has 2 saturated carbocycles. The van der Waals surface area contributed by atoms with Crippen LogP contribution in [0.2, 0.25) is 19.6 Å². The molecule has 3 nitrogen and oxygen atoms in total. The summed E-state index contributed by atoms with van der Waals surface area (Å²) in [6.45, 7) is 18.5. The molecule has 0 aromatic rings. The number of methoxy groups -OCH3 is 1. The lowest BCUT2D eigenvalue weighted by molar-refractivity contribution is -0.129. The zero-order valence-corrected chi connectivity index (χ0v) is 20.3. The molecule has 0 saturated heterocycles. The minimum atomic E-state index is -1.83.